The molecule has 75 valence electrons. The van der Waals surface area contributed by atoms with Gasteiger partial charge in [0.15, 0.2) is 0 Å². The lowest BCUT2D eigenvalue weighted by molar-refractivity contribution is 0.238. The Bertz CT molecular complexity index is 299. The summed E-state index contributed by atoms with van der Waals surface area (Å²) in [5.74, 6) is 0.416. The molecule has 0 bridgehead atoms. The molecule has 1 unspecified atom stereocenters. The monoisotopic (exact) mass is 210 g/mol. The third kappa shape index (κ3) is 2.02. The zero-order chi connectivity index (χ0) is 9.97. The first-order valence-corrected chi connectivity index (χ1v) is 5.20. The minimum absolute atomic E-state index is 0.282. The van der Waals surface area contributed by atoms with Crippen LogP contribution in [0.3, 0.4) is 0 Å². The summed E-state index contributed by atoms with van der Waals surface area (Å²) in [6.07, 6.45) is 1.06. The molecule has 1 radical (unpaired) electrons. The molecule has 1 N–H and O–H groups in total. The van der Waals surface area contributed by atoms with Crippen LogP contribution in [0.15, 0.2) is 18.2 Å². The topological polar surface area (TPSA) is 23.5 Å². The van der Waals surface area contributed by atoms with Crippen molar-refractivity contribution in [3.8, 4) is 0 Å². The second-order valence-corrected chi connectivity index (χ2v) is 4.11. The van der Waals surface area contributed by atoms with Gasteiger partial charge in [-0.3, -0.25) is 0 Å². The Balaban J connectivity index is 2.06. The molecule has 0 amide bonds. The number of halogens is 1. The zero-order valence-electron chi connectivity index (χ0n) is 7.91. The van der Waals surface area contributed by atoms with E-state index in [1.54, 1.807) is 6.07 Å². The van der Waals surface area contributed by atoms with E-state index in [9.17, 15) is 0 Å². The molecule has 1 aromatic rings. The molecular weight excluding hydrogens is 198 g/mol. The first kappa shape index (κ1) is 9.81. The van der Waals surface area contributed by atoms with E-state index in [4.69, 9.17) is 16.7 Å². The predicted octanol–water partition coefficient (Wildman–Crippen LogP) is 1.96. The number of benzene rings is 1. The summed E-state index contributed by atoms with van der Waals surface area (Å²) in [6, 6.07) is 8.77. The Kier molecular flexibility index (Phi) is 2.94. The molecule has 1 aliphatic rings. The molecule has 0 spiro atoms. The van der Waals surface area contributed by atoms with E-state index in [2.05, 4.69) is 11.0 Å². The van der Waals surface area contributed by atoms with Crippen molar-refractivity contribution in [1.82, 2.24) is 0 Å². The lowest BCUT2D eigenvalue weighted by Gasteiger charge is -2.17. The molecular formula is C11H13ClNO. The van der Waals surface area contributed by atoms with Gasteiger partial charge < -0.3 is 10.0 Å². The largest absolute Gasteiger partial charge is 0.396 e. The first-order chi connectivity index (χ1) is 6.79. The molecule has 1 aromatic carbocycles. The van der Waals surface area contributed by atoms with Crippen LogP contribution in [0.4, 0.5) is 5.69 Å². The average Bonchev–Trinajstić information content (AvgIpc) is 2.67. The predicted molar refractivity (Wildman–Crippen MR) is 57.7 cm³/mol. The third-order valence-electron chi connectivity index (χ3n) is 2.64. The van der Waals surface area contributed by atoms with Gasteiger partial charge in [0.05, 0.1) is 0 Å². The quantitative estimate of drug-likeness (QED) is 0.807. The molecule has 3 heteroatoms. The molecule has 1 atom stereocenters. The number of hydrogen-bond donors (Lipinski definition) is 1. The Morgan fingerprint density at radius 3 is 3.00 bits per heavy atom. The summed E-state index contributed by atoms with van der Waals surface area (Å²) >= 11 is 5.78. The van der Waals surface area contributed by atoms with Gasteiger partial charge in [0.1, 0.15) is 0 Å². The fraction of sp³-hybridized carbons (Fsp3) is 0.455. The SMILES string of the molecule is OCC1CCN(c2[c]cc(Cl)cc2)C1. The van der Waals surface area contributed by atoms with Crippen molar-refractivity contribution in [2.24, 2.45) is 5.92 Å². The van der Waals surface area contributed by atoms with Gasteiger partial charge in [-0.2, -0.15) is 0 Å². The van der Waals surface area contributed by atoms with Gasteiger partial charge in [0, 0.05) is 42.4 Å². The third-order valence-corrected chi connectivity index (χ3v) is 2.88. The fourth-order valence-electron chi connectivity index (χ4n) is 1.79. The highest BCUT2D eigenvalue weighted by Crippen LogP contribution is 2.24. The van der Waals surface area contributed by atoms with Gasteiger partial charge in [-0.15, -0.1) is 0 Å². The van der Waals surface area contributed by atoms with E-state index in [1.807, 2.05) is 12.1 Å². The number of nitrogens with zero attached hydrogens (tertiary/aromatic N) is 1. The smallest absolute Gasteiger partial charge is 0.0476 e. The highest BCUT2D eigenvalue weighted by molar-refractivity contribution is 6.30. The molecule has 0 aromatic heterocycles. The second kappa shape index (κ2) is 4.20. The van der Waals surface area contributed by atoms with E-state index in [-0.39, 0.29) is 6.61 Å². The fourth-order valence-corrected chi connectivity index (χ4v) is 1.91. The summed E-state index contributed by atoms with van der Waals surface area (Å²) in [4.78, 5) is 2.23. The molecule has 2 nitrogen and oxygen atoms in total. The highest BCUT2D eigenvalue weighted by Gasteiger charge is 2.21. The summed E-state index contributed by atoms with van der Waals surface area (Å²) in [5.41, 5.74) is 1.07. The van der Waals surface area contributed by atoms with Crippen LogP contribution in [0.25, 0.3) is 0 Å². The number of hydrogen-bond acceptors (Lipinski definition) is 2. The Labute approximate surface area is 89.1 Å². The van der Waals surface area contributed by atoms with Crippen molar-refractivity contribution in [3.63, 3.8) is 0 Å². The van der Waals surface area contributed by atoms with Crippen LogP contribution in [0, 0.1) is 12.0 Å². The van der Waals surface area contributed by atoms with Crippen molar-refractivity contribution in [2.75, 3.05) is 24.6 Å². The Morgan fingerprint density at radius 1 is 1.57 bits per heavy atom. The maximum atomic E-state index is 9.02. The standard InChI is InChI=1S/C11H13ClNO/c12-10-1-3-11(4-2-10)13-6-5-9(7-13)8-14/h1-3,9,14H,5-8H2. The molecule has 0 aliphatic carbocycles. The van der Waals surface area contributed by atoms with Crippen LogP contribution in [0.2, 0.25) is 5.02 Å². The average molecular weight is 211 g/mol. The van der Waals surface area contributed by atoms with Crippen molar-refractivity contribution in [3.05, 3.63) is 29.3 Å². The van der Waals surface area contributed by atoms with Gasteiger partial charge >= 0.3 is 0 Å². The summed E-state index contributed by atoms with van der Waals surface area (Å²) in [6.45, 7) is 2.21. The van der Waals surface area contributed by atoms with E-state index >= 15 is 0 Å². The van der Waals surface area contributed by atoms with Crippen molar-refractivity contribution >= 4 is 17.3 Å². The van der Waals surface area contributed by atoms with Crippen molar-refractivity contribution in [1.29, 1.82) is 0 Å². The summed E-state index contributed by atoms with van der Waals surface area (Å²) < 4.78 is 0. The minimum atomic E-state index is 0.282. The maximum absolute atomic E-state index is 9.02. The number of anilines is 1. The van der Waals surface area contributed by atoms with Crippen LogP contribution in [-0.4, -0.2) is 24.8 Å². The van der Waals surface area contributed by atoms with Crippen LogP contribution in [0.1, 0.15) is 6.42 Å². The molecule has 1 fully saturated rings. The van der Waals surface area contributed by atoms with E-state index in [0.29, 0.717) is 10.9 Å². The summed E-state index contributed by atoms with van der Waals surface area (Å²) in [5, 5.41) is 9.73. The normalized spacial score (nSPS) is 21.6. The highest BCUT2D eigenvalue weighted by atomic mass is 35.5. The molecule has 1 saturated heterocycles. The molecule has 1 aliphatic heterocycles. The van der Waals surface area contributed by atoms with Gasteiger partial charge in [-0.1, -0.05) is 11.6 Å². The minimum Gasteiger partial charge on any atom is -0.396 e. The lowest BCUT2D eigenvalue weighted by atomic mass is 10.1. The van der Waals surface area contributed by atoms with Crippen molar-refractivity contribution < 1.29 is 5.11 Å². The molecule has 1 heterocycles. The number of aliphatic hydroxyl groups excluding tert-OH is 1. The van der Waals surface area contributed by atoms with E-state index in [0.717, 1.165) is 25.2 Å². The second-order valence-electron chi connectivity index (χ2n) is 3.68. The molecule has 14 heavy (non-hydrogen) atoms. The summed E-state index contributed by atoms with van der Waals surface area (Å²) in [7, 11) is 0. The van der Waals surface area contributed by atoms with Crippen molar-refractivity contribution in [2.45, 2.75) is 6.42 Å². The van der Waals surface area contributed by atoms with Crippen LogP contribution < -0.4 is 4.90 Å². The number of aliphatic hydroxyl groups is 1. The van der Waals surface area contributed by atoms with Gasteiger partial charge in [0.2, 0.25) is 0 Å². The first-order valence-electron chi connectivity index (χ1n) is 4.82. The molecule has 0 saturated carbocycles. The maximum Gasteiger partial charge on any atom is 0.0476 e. The zero-order valence-corrected chi connectivity index (χ0v) is 8.67. The van der Waals surface area contributed by atoms with E-state index < -0.39 is 0 Å². The van der Waals surface area contributed by atoms with Gasteiger partial charge in [-0.05, 0) is 24.6 Å². The van der Waals surface area contributed by atoms with Crippen LogP contribution >= 0.6 is 11.6 Å². The van der Waals surface area contributed by atoms with E-state index in [1.165, 1.54) is 0 Å². The lowest BCUT2D eigenvalue weighted by Crippen LogP contribution is -2.20. The van der Waals surface area contributed by atoms with Crippen LogP contribution in [-0.2, 0) is 0 Å². The Morgan fingerprint density at radius 2 is 2.43 bits per heavy atom. The molecule has 2 rings (SSSR count). The van der Waals surface area contributed by atoms with Gasteiger partial charge in [0.25, 0.3) is 0 Å². The Hall–Kier alpha value is -0.730. The van der Waals surface area contributed by atoms with Crippen LogP contribution in [0.5, 0.6) is 0 Å². The van der Waals surface area contributed by atoms with Gasteiger partial charge in [-0.25, -0.2) is 0 Å². The number of rotatable bonds is 2.